The summed E-state index contributed by atoms with van der Waals surface area (Å²) in [5.74, 6) is 2.26. The molecule has 0 radical (unpaired) electrons. The molecule has 1 heterocycles. The summed E-state index contributed by atoms with van der Waals surface area (Å²) in [4.78, 5) is 21.8. The number of Topliss-reactive ketones (excluding diaryl/α,β-unsaturated/α-hetero) is 1. The molecule has 0 aromatic heterocycles. The van der Waals surface area contributed by atoms with Gasteiger partial charge in [0.05, 0.1) is 0 Å². The molecular weight excluding hydrogens is 204 g/mol. The van der Waals surface area contributed by atoms with Crippen LogP contribution < -0.4 is 0 Å². The quantitative estimate of drug-likeness (QED) is 0.677. The Morgan fingerprint density at radius 1 is 1.46 bits per heavy atom. The average molecular weight is 218 g/mol. The van der Waals surface area contributed by atoms with E-state index in [4.69, 9.17) is 0 Å². The molecule has 1 aliphatic heterocycles. The smallest absolute Gasteiger partial charge is 0.146 e. The van der Waals surface area contributed by atoms with E-state index in [9.17, 15) is 9.59 Å². The van der Waals surface area contributed by atoms with Gasteiger partial charge >= 0.3 is 0 Å². The lowest BCUT2D eigenvalue weighted by atomic mass is 10.2. The highest BCUT2D eigenvalue weighted by atomic mass is 32.2. The van der Waals surface area contributed by atoms with Gasteiger partial charge in [0.15, 0.2) is 0 Å². The van der Waals surface area contributed by atoms with Crippen molar-refractivity contribution in [1.82, 2.24) is 0 Å². The van der Waals surface area contributed by atoms with Crippen LogP contribution in [0.15, 0.2) is 0 Å². The van der Waals surface area contributed by atoms with Gasteiger partial charge in [-0.05, 0) is 31.3 Å². The normalized spacial score (nSPS) is 21.0. The molecule has 74 valence electrons. The fourth-order valence-corrected chi connectivity index (χ4v) is 4.13. The lowest BCUT2D eigenvalue weighted by Gasteiger charge is -2.30. The minimum absolute atomic E-state index is 0.174. The van der Waals surface area contributed by atoms with Crippen LogP contribution in [-0.4, -0.2) is 27.7 Å². The van der Waals surface area contributed by atoms with Crippen LogP contribution in [0, 0.1) is 0 Å². The number of ketones is 1. The number of carbonyl (C=O) groups is 2. The third-order valence-electron chi connectivity index (χ3n) is 1.99. The second kappa shape index (κ2) is 5.05. The summed E-state index contributed by atoms with van der Waals surface area (Å²) in [5.41, 5.74) is 0. The summed E-state index contributed by atoms with van der Waals surface area (Å²) in [7, 11) is 0. The molecule has 1 fully saturated rings. The van der Waals surface area contributed by atoms with E-state index < -0.39 is 0 Å². The van der Waals surface area contributed by atoms with Crippen molar-refractivity contribution in [2.45, 2.75) is 30.3 Å². The Kier molecular flexibility index (Phi) is 4.32. The molecule has 2 nitrogen and oxygen atoms in total. The maximum Gasteiger partial charge on any atom is 0.146 e. The minimum atomic E-state index is -0.316. The third kappa shape index (κ3) is 3.35. The maximum atomic E-state index is 10.9. The first-order chi connectivity index (χ1) is 6.18. The largest absolute Gasteiger partial charge is 0.301 e. The molecule has 1 aliphatic rings. The zero-order valence-corrected chi connectivity index (χ0v) is 9.38. The number of thioether (sulfide) groups is 2. The Morgan fingerprint density at radius 3 is 2.54 bits per heavy atom. The third-order valence-corrected chi connectivity index (χ3v) is 5.26. The molecule has 1 saturated heterocycles. The van der Waals surface area contributed by atoms with Gasteiger partial charge in [0.1, 0.15) is 16.1 Å². The predicted octanol–water partition coefficient (Wildman–Crippen LogP) is 2.12. The van der Waals surface area contributed by atoms with Crippen LogP contribution >= 0.6 is 23.5 Å². The number of carbonyl (C=O) groups excluding carboxylic acids is 2. The van der Waals surface area contributed by atoms with Crippen LogP contribution in [0.3, 0.4) is 0 Å². The van der Waals surface area contributed by atoms with Crippen molar-refractivity contribution in [1.29, 1.82) is 0 Å². The van der Waals surface area contributed by atoms with E-state index in [0.717, 1.165) is 17.8 Å². The highest BCUT2D eigenvalue weighted by molar-refractivity contribution is 8.19. The zero-order chi connectivity index (χ0) is 9.73. The molecule has 0 unspecified atom stereocenters. The van der Waals surface area contributed by atoms with Crippen molar-refractivity contribution in [3.63, 3.8) is 0 Å². The molecule has 0 saturated carbocycles. The van der Waals surface area contributed by atoms with Gasteiger partial charge in [0.25, 0.3) is 0 Å². The van der Waals surface area contributed by atoms with Crippen molar-refractivity contribution < 1.29 is 9.59 Å². The summed E-state index contributed by atoms with van der Waals surface area (Å²) < 4.78 is -0.316. The second-order valence-electron chi connectivity index (χ2n) is 3.18. The molecule has 0 aromatic rings. The first-order valence-electron chi connectivity index (χ1n) is 4.42. The standard InChI is InChI=1S/C9H14O2S2/c1-8(11)3-4-9(7-10)12-5-2-6-13-9/h7H,2-6H2,1H3. The Bertz CT molecular complexity index is 198. The second-order valence-corrected chi connectivity index (χ2v) is 6.29. The first-order valence-corrected chi connectivity index (χ1v) is 6.39. The van der Waals surface area contributed by atoms with E-state index in [-0.39, 0.29) is 9.86 Å². The van der Waals surface area contributed by atoms with Crippen molar-refractivity contribution in [2.24, 2.45) is 0 Å². The van der Waals surface area contributed by atoms with Gasteiger partial charge < -0.3 is 9.59 Å². The maximum absolute atomic E-state index is 10.9. The first kappa shape index (κ1) is 11.1. The van der Waals surface area contributed by atoms with E-state index in [1.165, 1.54) is 6.42 Å². The Hall–Kier alpha value is 0.0400. The van der Waals surface area contributed by atoms with Gasteiger partial charge in [0.2, 0.25) is 0 Å². The molecule has 4 heteroatoms. The molecular formula is C9H14O2S2. The van der Waals surface area contributed by atoms with Crippen LogP contribution in [0.25, 0.3) is 0 Å². The highest BCUT2D eigenvalue weighted by Crippen LogP contribution is 2.43. The Labute approximate surface area is 87.2 Å². The molecule has 0 amide bonds. The van der Waals surface area contributed by atoms with Crippen molar-refractivity contribution in [2.75, 3.05) is 11.5 Å². The van der Waals surface area contributed by atoms with Gasteiger partial charge in [-0.25, -0.2) is 0 Å². The molecule has 0 spiro atoms. The monoisotopic (exact) mass is 218 g/mol. The molecule has 13 heavy (non-hydrogen) atoms. The van der Waals surface area contributed by atoms with Gasteiger partial charge in [-0.3, -0.25) is 0 Å². The molecule has 0 bridgehead atoms. The van der Waals surface area contributed by atoms with E-state index >= 15 is 0 Å². The number of hydrogen-bond donors (Lipinski definition) is 0. The van der Waals surface area contributed by atoms with Crippen LogP contribution in [0.2, 0.25) is 0 Å². The molecule has 0 aliphatic carbocycles. The summed E-state index contributed by atoms with van der Waals surface area (Å²) in [5, 5.41) is 0. The SMILES string of the molecule is CC(=O)CCC1(C=O)SCCCS1. The molecule has 0 aromatic carbocycles. The molecule has 1 rings (SSSR count). The summed E-state index contributed by atoms with van der Waals surface area (Å²) in [6.07, 6.45) is 3.41. The Morgan fingerprint density at radius 2 is 2.08 bits per heavy atom. The van der Waals surface area contributed by atoms with Gasteiger partial charge in [-0.15, -0.1) is 23.5 Å². The number of hydrogen-bond acceptors (Lipinski definition) is 4. The van der Waals surface area contributed by atoms with Crippen molar-refractivity contribution >= 4 is 35.6 Å². The van der Waals surface area contributed by atoms with Crippen molar-refractivity contribution in [3.8, 4) is 0 Å². The van der Waals surface area contributed by atoms with Gasteiger partial charge in [-0.1, -0.05) is 0 Å². The van der Waals surface area contributed by atoms with Gasteiger partial charge in [0, 0.05) is 6.42 Å². The average Bonchev–Trinajstić information content (AvgIpc) is 2.16. The summed E-state index contributed by atoms with van der Waals surface area (Å²) in [6, 6.07) is 0. The fourth-order valence-electron chi connectivity index (χ4n) is 1.21. The lowest BCUT2D eigenvalue weighted by Crippen LogP contribution is -2.27. The summed E-state index contributed by atoms with van der Waals surface area (Å²) in [6.45, 7) is 1.58. The van der Waals surface area contributed by atoms with Gasteiger partial charge in [-0.2, -0.15) is 0 Å². The van der Waals surface area contributed by atoms with Crippen LogP contribution in [0.5, 0.6) is 0 Å². The van der Waals surface area contributed by atoms with Crippen LogP contribution in [-0.2, 0) is 9.59 Å². The van der Waals surface area contributed by atoms with E-state index in [2.05, 4.69) is 0 Å². The summed E-state index contributed by atoms with van der Waals surface area (Å²) >= 11 is 3.39. The number of rotatable bonds is 4. The van der Waals surface area contributed by atoms with Crippen LogP contribution in [0.1, 0.15) is 26.2 Å². The lowest BCUT2D eigenvalue weighted by molar-refractivity contribution is -0.117. The van der Waals surface area contributed by atoms with E-state index in [1.54, 1.807) is 30.4 Å². The topological polar surface area (TPSA) is 34.1 Å². The fraction of sp³-hybridized carbons (Fsp3) is 0.778. The highest BCUT2D eigenvalue weighted by Gasteiger charge is 2.33. The zero-order valence-electron chi connectivity index (χ0n) is 7.75. The van der Waals surface area contributed by atoms with E-state index in [1.807, 2.05) is 0 Å². The Balaban J connectivity index is 2.47. The number of aldehydes is 1. The minimum Gasteiger partial charge on any atom is -0.301 e. The molecule has 0 N–H and O–H groups in total. The molecule has 0 atom stereocenters. The van der Waals surface area contributed by atoms with E-state index in [0.29, 0.717) is 12.8 Å². The predicted molar refractivity (Wildman–Crippen MR) is 58.2 cm³/mol. The van der Waals surface area contributed by atoms with Crippen LogP contribution in [0.4, 0.5) is 0 Å². The van der Waals surface area contributed by atoms with Crippen molar-refractivity contribution in [3.05, 3.63) is 0 Å².